The Labute approximate surface area is 123 Å². The number of nitrogens with one attached hydrogen (secondary N) is 1. The molecule has 5 heteroatoms. The molecule has 0 saturated heterocycles. The van der Waals surface area contributed by atoms with Crippen molar-refractivity contribution in [2.75, 3.05) is 6.54 Å². The maximum absolute atomic E-state index is 12.0. The predicted octanol–water partition coefficient (Wildman–Crippen LogP) is 2.92. The zero-order chi connectivity index (χ0) is 14.6. The average Bonchev–Trinajstić information content (AvgIpc) is 2.38. The number of ether oxygens (including phenoxy) is 1. The first kappa shape index (κ1) is 14.7. The number of benzene rings is 1. The van der Waals surface area contributed by atoms with Crippen molar-refractivity contribution in [2.24, 2.45) is 5.41 Å². The summed E-state index contributed by atoms with van der Waals surface area (Å²) in [6, 6.07) is 9.19. The molecule has 1 aromatic rings. The lowest BCUT2D eigenvalue weighted by molar-refractivity contribution is -0.132. The minimum Gasteiger partial charge on any atom is -0.489 e. The van der Waals surface area contributed by atoms with Gasteiger partial charge in [0.25, 0.3) is 0 Å². The summed E-state index contributed by atoms with van der Waals surface area (Å²) < 4.78 is 5.66. The van der Waals surface area contributed by atoms with Crippen molar-refractivity contribution in [2.45, 2.75) is 32.3 Å². The molecule has 1 unspecified atom stereocenters. The van der Waals surface area contributed by atoms with Gasteiger partial charge in [-0.1, -0.05) is 11.6 Å². The second kappa shape index (κ2) is 6.15. The molecule has 1 aliphatic rings. The number of amides is 1. The Kier molecular flexibility index (Phi) is 4.51. The molecular weight excluding hydrogens is 276 g/mol. The summed E-state index contributed by atoms with van der Waals surface area (Å²) in [5, 5.41) is 12.5. The lowest BCUT2D eigenvalue weighted by Gasteiger charge is -2.33. The molecule has 4 nitrogen and oxygen atoms in total. The molecule has 1 amide bonds. The number of nitriles is 1. The molecule has 0 heterocycles. The monoisotopic (exact) mass is 292 g/mol. The number of halogens is 1. The van der Waals surface area contributed by atoms with E-state index in [0.717, 1.165) is 6.42 Å². The zero-order valence-corrected chi connectivity index (χ0v) is 12.1. The molecule has 20 heavy (non-hydrogen) atoms. The highest BCUT2D eigenvalue weighted by molar-refractivity contribution is 6.30. The van der Waals surface area contributed by atoms with E-state index in [1.54, 1.807) is 24.3 Å². The summed E-state index contributed by atoms with van der Waals surface area (Å²) in [6.07, 6.45) is 2.08. The van der Waals surface area contributed by atoms with Crippen molar-refractivity contribution < 1.29 is 9.53 Å². The molecule has 1 aliphatic carbocycles. The summed E-state index contributed by atoms with van der Waals surface area (Å²) in [5.41, 5.74) is -0.806. The third kappa shape index (κ3) is 3.23. The van der Waals surface area contributed by atoms with Crippen LogP contribution in [0.2, 0.25) is 5.02 Å². The van der Waals surface area contributed by atoms with E-state index in [9.17, 15) is 4.79 Å². The van der Waals surface area contributed by atoms with Gasteiger partial charge in [0.2, 0.25) is 5.91 Å². The second-order valence-corrected chi connectivity index (χ2v) is 5.58. The SMILES string of the molecule is CC(CNC(=O)C1(C#N)CCC1)Oc1ccc(Cl)cc1. The topological polar surface area (TPSA) is 62.1 Å². The van der Waals surface area contributed by atoms with Gasteiger partial charge < -0.3 is 10.1 Å². The summed E-state index contributed by atoms with van der Waals surface area (Å²) in [7, 11) is 0. The molecule has 106 valence electrons. The fraction of sp³-hybridized carbons (Fsp3) is 0.467. The van der Waals surface area contributed by atoms with Crippen LogP contribution in [0.5, 0.6) is 5.75 Å². The van der Waals surface area contributed by atoms with Crippen molar-refractivity contribution in [1.29, 1.82) is 5.26 Å². The van der Waals surface area contributed by atoms with Crippen LogP contribution in [0.1, 0.15) is 26.2 Å². The van der Waals surface area contributed by atoms with Gasteiger partial charge >= 0.3 is 0 Å². The van der Waals surface area contributed by atoms with Crippen molar-refractivity contribution in [3.8, 4) is 11.8 Å². The lowest BCUT2D eigenvalue weighted by atomic mass is 9.69. The Morgan fingerprint density at radius 3 is 2.65 bits per heavy atom. The Balaban J connectivity index is 1.80. The molecule has 1 fully saturated rings. The fourth-order valence-corrected chi connectivity index (χ4v) is 2.24. The predicted molar refractivity (Wildman–Crippen MR) is 76.4 cm³/mol. The number of hydrogen-bond donors (Lipinski definition) is 1. The van der Waals surface area contributed by atoms with Gasteiger partial charge in [0.05, 0.1) is 12.6 Å². The quantitative estimate of drug-likeness (QED) is 0.907. The van der Waals surface area contributed by atoms with Gasteiger partial charge in [-0.05, 0) is 50.5 Å². The highest BCUT2D eigenvalue weighted by Gasteiger charge is 2.44. The van der Waals surface area contributed by atoms with E-state index in [4.69, 9.17) is 21.6 Å². The highest BCUT2D eigenvalue weighted by Crippen LogP contribution is 2.40. The standard InChI is InChI=1S/C15H17ClN2O2/c1-11(20-13-5-3-12(16)4-6-13)9-18-14(19)15(10-17)7-2-8-15/h3-6,11H,2,7-9H2,1H3,(H,18,19). The molecule has 0 radical (unpaired) electrons. The smallest absolute Gasteiger partial charge is 0.240 e. The van der Waals surface area contributed by atoms with E-state index in [-0.39, 0.29) is 12.0 Å². The molecule has 0 aliphatic heterocycles. The van der Waals surface area contributed by atoms with E-state index < -0.39 is 5.41 Å². The van der Waals surface area contributed by atoms with Crippen LogP contribution in [-0.2, 0) is 4.79 Å². The van der Waals surface area contributed by atoms with Crippen molar-refractivity contribution in [3.05, 3.63) is 29.3 Å². The second-order valence-electron chi connectivity index (χ2n) is 5.14. The minimum absolute atomic E-state index is 0.170. The lowest BCUT2D eigenvalue weighted by Crippen LogP contribution is -2.47. The van der Waals surface area contributed by atoms with Crippen LogP contribution in [0, 0.1) is 16.7 Å². The first-order valence-corrected chi connectivity index (χ1v) is 7.05. The van der Waals surface area contributed by atoms with E-state index in [1.165, 1.54) is 0 Å². The van der Waals surface area contributed by atoms with E-state index in [0.29, 0.717) is 30.2 Å². The Morgan fingerprint density at radius 2 is 2.15 bits per heavy atom. The average molecular weight is 293 g/mol. The molecule has 1 N–H and O–H groups in total. The van der Waals surface area contributed by atoms with Crippen molar-refractivity contribution in [1.82, 2.24) is 5.32 Å². The molecule has 0 spiro atoms. The third-order valence-corrected chi connectivity index (χ3v) is 3.81. The van der Waals surface area contributed by atoms with E-state index in [1.807, 2.05) is 6.92 Å². The van der Waals surface area contributed by atoms with Crippen LogP contribution >= 0.6 is 11.6 Å². The highest BCUT2D eigenvalue weighted by atomic mass is 35.5. The van der Waals surface area contributed by atoms with Gasteiger partial charge in [0.15, 0.2) is 0 Å². The molecule has 0 aromatic heterocycles. The van der Waals surface area contributed by atoms with E-state index >= 15 is 0 Å². The normalized spacial score (nSPS) is 17.4. The van der Waals surface area contributed by atoms with Crippen LogP contribution in [0.15, 0.2) is 24.3 Å². The summed E-state index contributed by atoms with van der Waals surface area (Å²) in [5.74, 6) is 0.521. The molecule has 2 rings (SSSR count). The van der Waals surface area contributed by atoms with Crippen molar-refractivity contribution in [3.63, 3.8) is 0 Å². The fourth-order valence-electron chi connectivity index (χ4n) is 2.11. The third-order valence-electron chi connectivity index (χ3n) is 3.56. The van der Waals surface area contributed by atoms with Gasteiger partial charge in [0.1, 0.15) is 17.3 Å². The molecule has 0 bridgehead atoms. The maximum Gasteiger partial charge on any atom is 0.240 e. The first-order chi connectivity index (χ1) is 9.55. The molecule has 1 aromatic carbocycles. The van der Waals surface area contributed by atoms with Crippen LogP contribution in [0.25, 0.3) is 0 Å². The van der Waals surface area contributed by atoms with Gasteiger partial charge in [-0.25, -0.2) is 0 Å². The first-order valence-electron chi connectivity index (χ1n) is 6.67. The maximum atomic E-state index is 12.0. The molecule has 1 atom stereocenters. The van der Waals surface area contributed by atoms with Crippen LogP contribution in [0.4, 0.5) is 0 Å². The Bertz CT molecular complexity index is 518. The molecular formula is C15H17ClN2O2. The van der Waals surface area contributed by atoms with Crippen LogP contribution < -0.4 is 10.1 Å². The van der Waals surface area contributed by atoms with Gasteiger partial charge in [-0.15, -0.1) is 0 Å². The van der Waals surface area contributed by atoms with Crippen molar-refractivity contribution >= 4 is 17.5 Å². The Morgan fingerprint density at radius 1 is 1.50 bits per heavy atom. The zero-order valence-electron chi connectivity index (χ0n) is 11.4. The summed E-state index contributed by atoms with van der Waals surface area (Å²) in [4.78, 5) is 12.0. The summed E-state index contributed by atoms with van der Waals surface area (Å²) >= 11 is 5.80. The number of hydrogen-bond acceptors (Lipinski definition) is 3. The Hall–Kier alpha value is -1.73. The largest absolute Gasteiger partial charge is 0.489 e. The van der Waals surface area contributed by atoms with Crippen LogP contribution in [0.3, 0.4) is 0 Å². The van der Waals surface area contributed by atoms with Crippen LogP contribution in [-0.4, -0.2) is 18.6 Å². The van der Waals surface area contributed by atoms with Gasteiger partial charge in [0, 0.05) is 5.02 Å². The number of carbonyl (C=O) groups excluding carboxylic acids is 1. The van der Waals surface area contributed by atoms with Gasteiger partial charge in [-0.3, -0.25) is 4.79 Å². The summed E-state index contributed by atoms with van der Waals surface area (Å²) in [6.45, 7) is 2.25. The number of carbonyl (C=O) groups is 1. The number of rotatable bonds is 5. The number of nitrogens with zero attached hydrogens (tertiary/aromatic N) is 1. The van der Waals surface area contributed by atoms with Gasteiger partial charge in [-0.2, -0.15) is 5.26 Å². The minimum atomic E-state index is -0.806. The molecule has 1 saturated carbocycles. The van der Waals surface area contributed by atoms with E-state index in [2.05, 4.69) is 11.4 Å².